The number of rotatable bonds is 6. The molecule has 2 aromatic carbocycles. The van der Waals surface area contributed by atoms with Crippen molar-refractivity contribution in [1.82, 2.24) is 4.90 Å². The Hall–Kier alpha value is -2.70. The van der Waals surface area contributed by atoms with Crippen LogP contribution in [-0.2, 0) is 22.6 Å². The Kier molecular flexibility index (Phi) is 6.68. The standard InChI is InChI=1S/C25H32N4O2/c1-20-6-5-7-21(16-20)17-27-12-14-28(15-13-27)24(30)18-26(2)19-25(31)29-11-10-22-8-3-4-9-23(22)29/h3-9,16H,10-15,17-19H2,1-2H3/p+2. The number of aryl methyl sites for hydroxylation is 1. The highest BCUT2D eigenvalue weighted by Gasteiger charge is 2.29. The van der Waals surface area contributed by atoms with Gasteiger partial charge in [0.05, 0.1) is 33.2 Å². The number of amides is 2. The molecule has 0 aliphatic carbocycles. The van der Waals surface area contributed by atoms with Gasteiger partial charge in [-0.05, 0) is 25.0 Å². The third-order valence-corrected chi connectivity index (χ3v) is 6.45. The second kappa shape index (κ2) is 9.62. The molecule has 0 spiro atoms. The van der Waals surface area contributed by atoms with E-state index in [1.807, 2.05) is 35.0 Å². The SMILES string of the molecule is Cc1cccc(C[NH+]2CCN(C(=O)C[NH+](C)CC(=O)N3CCc4ccccc43)CC2)c1. The molecule has 31 heavy (non-hydrogen) atoms. The van der Waals surface area contributed by atoms with E-state index in [-0.39, 0.29) is 11.8 Å². The van der Waals surface area contributed by atoms with Crippen molar-refractivity contribution in [2.24, 2.45) is 0 Å². The number of quaternary nitrogens is 2. The zero-order valence-electron chi connectivity index (χ0n) is 18.7. The van der Waals surface area contributed by atoms with Gasteiger partial charge < -0.3 is 19.6 Å². The number of nitrogens with one attached hydrogen (secondary N) is 2. The molecule has 1 unspecified atom stereocenters. The first-order valence-corrected chi connectivity index (χ1v) is 11.4. The molecule has 2 aliphatic heterocycles. The molecule has 0 aromatic heterocycles. The van der Waals surface area contributed by atoms with Gasteiger partial charge in [-0.25, -0.2) is 0 Å². The molecule has 0 saturated carbocycles. The summed E-state index contributed by atoms with van der Waals surface area (Å²) in [6.45, 7) is 8.13. The van der Waals surface area contributed by atoms with Gasteiger partial charge in [0.25, 0.3) is 11.8 Å². The molecule has 2 heterocycles. The van der Waals surface area contributed by atoms with Crippen molar-refractivity contribution in [3.63, 3.8) is 0 Å². The van der Waals surface area contributed by atoms with Gasteiger partial charge in [-0.15, -0.1) is 0 Å². The van der Waals surface area contributed by atoms with E-state index in [4.69, 9.17) is 0 Å². The minimum absolute atomic E-state index is 0.0997. The Morgan fingerprint density at radius 2 is 1.71 bits per heavy atom. The zero-order chi connectivity index (χ0) is 21.8. The van der Waals surface area contributed by atoms with Crippen molar-refractivity contribution < 1.29 is 19.4 Å². The Morgan fingerprint density at radius 3 is 2.48 bits per heavy atom. The monoisotopic (exact) mass is 422 g/mol. The minimum atomic E-state index is 0.0997. The number of nitrogens with zero attached hydrogens (tertiary/aromatic N) is 2. The van der Waals surface area contributed by atoms with Gasteiger partial charge in [0, 0.05) is 17.8 Å². The fourth-order valence-electron chi connectivity index (χ4n) is 4.74. The number of carbonyl (C=O) groups excluding carboxylic acids is 2. The van der Waals surface area contributed by atoms with Gasteiger partial charge in [-0.2, -0.15) is 0 Å². The summed E-state index contributed by atoms with van der Waals surface area (Å²) in [4.78, 5) is 31.9. The zero-order valence-corrected chi connectivity index (χ0v) is 18.7. The van der Waals surface area contributed by atoms with Gasteiger partial charge in [0.15, 0.2) is 13.1 Å². The Balaban J connectivity index is 1.22. The van der Waals surface area contributed by atoms with Crippen molar-refractivity contribution in [3.8, 4) is 0 Å². The second-order valence-corrected chi connectivity index (χ2v) is 9.03. The van der Waals surface area contributed by atoms with E-state index in [0.29, 0.717) is 13.1 Å². The van der Waals surface area contributed by atoms with Crippen LogP contribution in [0.5, 0.6) is 0 Å². The molecule has 1 saturated heterocycles. The van der Waals surface area contributed by atoms with Crippen LogP contribution in [0.25, 0.3) is 0 Å². The Bertz CT molecular complexity index is 937. The summed E-state index contributed by atoms with van der Waals surface area (Å²) in [5, 5.41) is 0. The molecule has 2 aromatic rings. The van der Waals surface area contributed by atoms with Crippen LogP contribution in [0.2, 0.25) is 0 Å². The molecule has 2 amide bonds. The predicted octanol–water partition coefficient (Wildman–Crippen LogP) is -0.674. The summed E-state index contributed by atoms with van der Waals surface area (Å²) >= 11 is 0. The second-order valence-electron chi connectivity index (χ2n) is 9.03. The molecule has 6 nitrogen and oxygen atoms in total. The first-order chi connectivity index (χ1) is 15.0. The van der Waals surface area contributed by atoms with E-state index in [0.717, 1.165) is 56.3 Å². The maximum atomic E-state index is 12.8. The summed E-state index contributed by atoms with van der Waals surface area (Å²) < 4.78 is 0. The normalized spacial score (nSPS) is 17.5. The minimum Gasteiger partial charge on any atom is -0.328 e. The van der Waals surface area contributed by atoms with E-state index >= 15 is 0 Å². The number of hydrogen-bond donors (Lipinski definition) is 2. The number of carbonyl (C=O) groups is 2. The van der Waals surface area contributed by atoms with Crippen LogP contribution in [0, 0.1) is 6.92 Å². The highest BCUT2D eigenvalue weighted by Crippen LogP contribution is 2.26. The van der Waals surface area contributed by atoms with Gasteiger partial charge in [-0.3, -0.25) is 9.59 Å². The van der Waals surface area contributed by atoms with Crippen molar-refractivity contribution in [1.29, 1.82) is 0 Å². The molecule has 164 valence electrons. The number of likely N-dealkylation sites (N-methyl/N-ethyl adjacent to an activating group) is 1. The molecular formula is C25H34N4O2+2. The topological polar surface area (TPSA) is 49.5 Å². The van der Waals surface area contributed by atoms with Crippen LogP contribution in [0.1, 0.15) is 16.7 Å². The summed E-state index contributed by atoms with van der Waals surface area (Å²) in [5.74, 6) is 0.254. The molecule has 0 radical (unpaired) electrons. The Labute approximate surface area is 185 Å². The fraction of sp³-hybridized carbons (Fsp3) is 0.440. The molecule has 1 atom stereocenters. The van der Waals surface area contributed by atoms with Crippen molar-refractivity contribution >= 4 is 17.5 Å². The number of fused-ring (bicyclic) bond motifs is 1. The van der Waals surface area contributed by atoms with Crippen LogP contribution in [0.4, 0.5) is 5.69 Å². The van der Waals surface area contributed by atoms with Crippen LogP contribution >= 0.6 is 0 Å². The highest BCUT2D eigenvalue weighted by molar-refractivity contribution is 5.96. The number of benzene rings is 2. The van der Waals surface area contributed by atoms with E-state index in [9.17, 15) is 9.59 Å². The summed E-state index contributed by atoms with van der Waals surface area (Å²) in [5.41, 5.74) is 4.92. The van der Waals surface area contributed by atoms with Crippen LogP contribution < -0.4 is 14.7 Å². The lowest BCUT2D eigenvalue weighted by Gasteiger charge is -2.32. The summed E-state index contributed by atoms with van der Waals surface area (Å²) in [7, 11) is 1.94. The third kappa shape index (κ3) is 5.32. The molecular weight excluding hydrogens is 388 g/mol. The summed E-state index contributed by atoms with van der Waals surface area (Å²) in [6, 6.07) is 16.8. The number of para-hydroxylation sites is 1. The first kappa shape index (κ1) is 21.5. The van der Waals surface area contributed by atoms with E-state index < -0.39 is 0 Å². The number of piperazine rings is 1. The number of anilines is 1. The van der Waals surface area contributed by atoms with Gasteiger partial charge in [0.1, 0.15) is 6.54 Å². The first-order valence-electron chi connectivity index (χ1n) is 11.4. The van der Waals surface area contributed by atoms with Crippen molar-refractivity contribution in [2.45, 2.75) is 19.9 Å². The molecule has 6 heteroatoms. The third-order valence-electron chi connectivity index (χ3n) is 6.45. The highest BCUT2D eigenvalue weighted by atomic mass is 16.2. The smallest absolute Gasteiger partial charge is 0.282 e. The van der Waals surface area contributed by atoms with Gasteiger partial charge in [-0.1, -0.05) is 48.0 Å². The maximum Gasteiger partial charge on any atom is 0.282 e. The van der Waals surface area contributed by atoms with E-state index in [1.165, 1.54) is 21.6 Å². The van der Waals surface area contributed by atoms with Crippen LogP contribution in [0.3, 0.4) is 0 Å². The van der Waals surface area contributed by atoms with Crippen LogP contribution in [-0.4, -0.2) is 69.6 Å². The molecule has 2 aliphatic rings. The largest absolute Gasteiger partial charge is 0.328 e. The predicted molar refractivity (Wildman–Crippen MR) is 121 cm³/mol. The molecule has 2 N–H and O–H groups in total. The average Bonchev–Trinajstić information content (AvgIpc) is 3.18. The summed E-state index contributed by atoms with van der Waals surface area (Å²) in [6.07, 6.45) is 0.912. The van der Waals surface area contributed by atoms with Gasteiger partial charge >= 0.3 is 0 Å². The van der Waals surface area contributed by atoms with E-state index in [1.54, 1.807) is 0 Å². The molecule has 0 bridgehead atoms. The molecule has 4 rings (SSSR count). The lowest BCUT2D eigenvalue weighted by atomic mass is 10.1. The quantitative estimate of drug-likeness (QED) is 0.649. The van der Waals surface area contributed by atoms with Crippen molar-refractivity contribution in [3.05, 3.63) is 65.2 Å². The molecule has 1 fully saturated rings. The average molecular weight is 423 g/mol. The maximum absolute atomic E-state index is 12.8. The lowest BCUT2D eigenvalue weighted by molar-refractivity contribution is -0.917. The fourth-order valence-corrected chi connectivity index (χ4v) is 4.74. The van der Waals surface area contributed by atoms with E-state index in [2.05, 4.69) is 37.3 Å². The number of hydrogen-bond acceptors (Lipinski definition) is 2. The van der Waals surface area contributed by atoms with Crippen molar-refractivity contribution in [2.75, 3.05) is 57.8 Å². The van der Waals surface area contributed by atoms with Gasteiger partial charge in [0.2, 0.25) is 0 Å². The van der Waals surface area contributed by atoms with Crippen LogP contribution in [0.15, 0.2) is 48.5 Å². The lowest BCUT2D eigenvalue weighted by Crippen LogP contribution is -3.14. The Morgan fingerprint density at radius 1 is 0.968 bits per heavy atom.